The second-order valence-electron chi connectivity index (χ2n) is 4.78. The number of hydrogen-bond donors (Lipinski definition) is 1. The quantitative estimate of drug-likeness (QED) is 0.903. The number of aromatic nitrogens is 3. The van der Waals surface area contributed by atoms with Gasteiger partial charge in [-0.15, -0.1) is 10.2 Å². The van der Waals surface area contributed by atoms with Gasteiger partial charge in [-0.1, -0.05) is 0 Å². The molecular weight excluding hydrogens is 228 g/mol. The molecule has 2 heterocycles. The minimum Gasteiger partial charge on any atom is -0.466 e. The van der Waals surface area contributed by atoms with Gasteiger partial charge in [-0.2, -0.15) is 0 Å². The molecule has 0 saturated carbocycles. The highest BCUT2D eigenvalue weighted by molar-refractivity contribution is 5.23. The summed E-state index contributed by atoms with van der Waals surface area (Å²) in [5, 5.41) is 11.5. The molecule has 2 aromatic heterocycles. The van der Waals surface area contributed by atoms with E-state index >= 15 is 0 Å². The molecule has 18 heavy (non-hydrogen) atoms. The van der Waals surface area contributed by atoms with E-state index in [0.717, 1.165) is 17.3 Å². The van der Waals surface area contributed by atoms with Gasteiger partial charge in [0, 0.05) is 18.7 Å². The van der Waals surface area contributed by atoms with Gasteiger partial charge in [0.25, 0.3) is 0 Å². The zero-order valence-corrected chi connectivity index (χ0v) is 11.6. The Bertz CT molecular complexity index is 529. The summed E-state index contributed by atoms with van der Waals surface area (Å²) in [4.78, 5) is 0. The average molecular weight is 248 g/mol. The SMILES string of the molecule is Cc1cc(C(C)NC(C)c2nncn2C)c(C)o1. The van der Waals surface area contributed by atoms with Crippen LogP contribution in [0.3, 0.4) is 0 Å². The highest BCUT2D eigenvalue weighted by atomic mass is 16.3. The second-order valence-corrected chi connectivity index (χ2v) is 4.78. The molecule has 0 aliphatic heterocycles. The Hall–Kier alpha value is -1.62. The van der Waals surface area contributed by atoms with Crippen molar-refractivity contribution in [1.29, 1.82) is 0 Å². The summed E-state index contributed by atoms with van der Waals surface area (Å²) >= 11 is 0. The predicted octanol–water partition coefficient (Wildman–Crippen LogP) is 2.44. The van der Waals surface area contributed by atoms with Gasteiger partial charge >= 0.3 is 0 Å². The van der Waals surface area contributed by atoms with E-state index in [0.29, 0.717) is 0 Å². The van der Waals surface area contributed by atoms with E-state index in [1.807, 2.05) is 25.5 Å². The number of furan rings is 1. The number of nitrogens with zero attached hydrogens (tertiary/aromatic N) is 3. The van der Waals surface area contributed by atoms with Gasteiger partial charge in [-0.3, -0.25) is 0 Å². The molecule has 0 spiro atoms. The first-order chi connectivity index (χ1) is 8.49. The molecule has 2 aromatic rings. The van der Waals surface area contributed by atoms with E-state index in [1.54, 1.807) is 6.33 Å². The fraction of sp³-hybridized carbons (Fsp3) is 0.538. The van der Waals surface area contributed by atoms with Crippen LogP contribution in [0.4, 0.5) is 0 Å². The summed E-state index contributed by atoms with van der Waals surface area (Å²) in [6.07, 6.45) is 1.71. The molecule has 2 rings (SSSR count). The normalized spacial score (nSPS) is 14.7. The van der Waals surface area contributed by atoms with Crippen LogP contribution >= 0.6 is 0 Å². The molecule has 0 aliphatic rings. The average Bonchev–Trinajstić information content (AvgIpc) is 2.84. The maximum atomic E-state index is 5.56. The molecule has 0 saturated heterocycles. The zero-order valence-electron chi connectivity index (χ0n) is 11.6. The van der Waals surface area contributed by atoms with Gasteiger partial charge < -0.3 is 14.3 Å². The minimum absolute atomic E-state index is 0.141. The van der Waals surface area contributed by atoms with Crippen LogP contribution in [0, 0.1) is 13.8 Å². The molecule has 98 valence electrons. The molecule has 0 aromatic carbocycles. The van der Waals surface area contributed by atoms with Crippen molar-refractivity contribution in [3.8, 4) is 0 Å². The lowest BCUT2D eigenvalue weighted by atomic mass is 10.1. The van der Waals surface area contributed by atoms with Gasteiger partial charge in [-0.05, 0) is 33.8 Å². The number of rotatable bonds is 4. The molecule has 1 N–H and O–H groups in total. The molecule has 0 fully saturated rings. The first-order valence-electron chi connectivity index (χ1n) is 6.16. The molecule has 5 heteroatoms. The zero-order chi connectivity index (χ0) is 13.3. The van der Waals surface area contributed by atoms with E-state index in [4.69, 9.17) is 4.42 Å². The Balaban J connectivity index is 2.10. The summed E-state index contributed by atoms with van der Waals surface area (Å²) in [6, 6.07) is 2.44. The van der Waals surface area contributed by atoms with Crippen molar-refractivity contribution < 1.29 is 4.42 Å². The Morgan fingerprint density at radius 1 is 1.28 bits per heavy atom. The van der Waals surface area contributed by atoms with Crippen LogP contribution in [-0.4, -0.2) is 14.8 Å². The number of aryl methyl sites for hydroxylation is 3. The topological polar surface area (TPSA) is 55.9 Å². The van der Waals surface area contributed by atoms with Crippen molar-refractivity contribution in [3.05, 3.63) is 35.3 Å². The fourth-order valence-corrected chi connectivity index (χ4v) is 2.30. The van der Waals surface area contributed by atoms with Gasteiger partial charge in [0.05, 0.1) is 6.04 Å². The third-order valence-electron chi connectivity index (χ3n) is 3.18. The van der Waals surface area contributed by atoms with E-state index in [1.165, 1.54) is 5.56 Å². The Labute approximate surface area is 107 Å². The maximum Gasteiger partial charge on any atom is 0.149 e. The highest BCUT2D eigenvalue weighted by Gasteiger charge is 2.18. The number of nitrogens with one attached hydrogen (secondary N) is 1. The van der Waals surface area contributed by atoms with Crippen molar-refractivity contribution in [2.24, 2.45) is 7.05 Å². The molecule has 5 nitrogen and oxygen atoms in total. The van der Waals surface area contributed by atoms with Crippen LogP contribution in [0.5, 0.6) is 0 Å². The Kier molecular flexibility index (Phi) is 3.52. The van der Waals surface area contributed by atoms with Crippen LogP contribution in [0.2, 0.25) is 0 Å². The van der Waals surface area contributed by atoms with Gasteiger partial charge in [0.2, 0.25) is 0 Å². The first-order valence-corrected chi connectivity index (χ1v) is 6.16. The van der Waals surface area contributed by atoms with E-state index in [2.05, 4.69) is 35.4 Å². The van der Waals surface area contributed by atoms with Crippen LogP contribution in [-0.2, 0) is 7.05 Å². The minimum atomic E-state index is 0.141. The Morgan fingerprint density at radius 3 is 2.50 bits per heavy atom. The summed E-state index contributed by atoms with van der Waals surface area (Å²) in [5.74, 6) is 2.85. The standard InChI is InChI=1S/C13H20N4O/c1-8-6-12(11(4)18-8)9(2)15-10(3)13-16-14-7-17(13)5/h6-7,9-10,15H,1-5H3. The molecule has 0 radical (unpaired) electrons. The van der Waals surface area contributed by atoms with Crippen molar-refractivity contribution in [1.82, 2.24) is 20.1 Å². The van der Waals surface area contributed by atoms with Gasteiger partial charge in [0.15, 0.2) is 0 Å². The lowest BCUT2D eigenvalue weighted by Gasteiger charge is -2.18. The van der Waals surface area contributed by atoms with Gasteiger partial charge in [-0.25, -0.2) is 0 Å². The number of hydrogen-bond acceptors (Lipinski definition) is 4. The first kappa shape index (κ1) is 12.8. The third kappa shape index (κ3) is 2.46. The molecule has 2 unspecified atom stereocenters. The van der Waals surface area contributed by atoms with Crippen molar-refractivity contribution in [2.75, 3.05) is 0 Å². The molecule has 0 amide bonds. The lowest BCUT2D eigenvalue weighted by Crippen LogP contribution is -2.24. The van der Waals surface area contributed by atoms with Gasteiger partial charge in [0.1, 0.15) is 23.7 Å². The van der Waals surface area contributed by atoms with Crippen LogP contribution in [0.25, 0.3) is 0 Å². The summed E-state index contributed by atoms with van der Waals surface area (Å²) in [5.41, 5.74) is 1.20. The summed E-state index contributed by atoms with van der Waals surface area (Å²) in [6.45, 7) is 8.18. The highest BCUT2D eigenvalue weighted by Crippen LogP contribution is 2.23. The summed E-state index contributed by atoms with van der Waals surface area (Å²) in [7, 11) is 1.95. The maximum absolute atomic E-state index is 5.56. The van der Waals surface area contributed by atoms with Crippen LogP contribution in [0.1, 0.15) is 48.8 Å². The predicted molar refractivity (Wildman–Crippen MR) is 69.2 cm³/mol. The van der Waals surface area contributed by atoms with Crippen LogP contribution < -0.4 is 5.32 Å². The smallest absolute Gasteiger partial charge is 0.149 e. The Morgan fingerprint density at radius 2 is 2.00 bits per heavy atom. The van der Waals surface area contributed by atoms with Crippen molar-refractivity contribution in [3.63, 3.8) is 0 Å². The largest absolute Gasteiger partial charge is 0.466 e. The summed E-state index contributed by atoms with van der Waals surface area (Å²) < 4.78 is 7.49. The van der Waals surface area contributed by atoms with Crippen molar-refractivity contribution >= 4 is 0 Å². The van der Waals surface area contributed by atoms with E-state index in [-0.39, 0.29) is 12.1 Å². The monoisotopic (exact) mass is 248 g/mol. The van der Waals surface area contributed by atoms with Crippen LogP contribution in [0.15, 0.2) is 16.8 Å². The second kappa shape index (κ2) is 4.94. The third-order valence-corrected chi connectivity index (χ3v) is 3.18. The molecule has 0 aliphatic carbocycles. The van der Waals surface area contributed by atoms with E-state index < -0.39 is 0 Å². The molecule has 2 atom stereocenters. The molecule has 0 bridgehead atoms. The van der Waals surface area contributed by atoms with E-state index in [9.17, 15) is 0 Å². The fourth-order valence-electron chi connectivity index (χ4n) is 2.30. The lowest BCUT2D eigenvalue weighted by molar-refractivity contribution is 0.452. The molecular formula is C13H20N4O. The van der Waals surface area contributed by atoms with Crippen molar-refractivity contribution in [2.45, 2.75) is 39.8 Å².